The second-order valence-electron chi connectivity index (χ2n) is 5.63. The summed E-state index contributed by atoms with van der Waals surface area (Å²) in [4.78, 5) is 36.8. The third-order valence-corrected chi connectivity index (χ3v) is 4.48. The predicted molar refractivity (Wildman–Crippen MR) is 93.3 cm³/mol. The van der Waals surface area contributed by atoms with Crippen molar-refractivity contribution in [1.82, 2.24) is 10.2 Å². The van der Waals surface area contributed by atoms with Crippen LogP contribution in [0.5, 0.6) is 0 Å². The lowest BCUT2D eigenvalue weighted by Gasteiger charge is -2.20. The van der Waals surface area contributed by atoms with Crippen LogP contribution < -0.4 is 5.32 Å². The lowest BCUT2D eigenvalue weighted by molar-refractivity contribution is -0.384. The molecule has 1 N–H and O–H groups in total. The zero-order valence-corrected chi connectivity index (χ0v) is 14.6. The van der Waals surface area contributed by atoms with Gasteiger partial charge >= 0.3 is 0 Å². The number of fused-ring (bicyclic) bond motifs is 1. The number of rotatable bonds is 6. The topological polar surface area (TPSA) is 92.6 Å². The summed E-state index contributed by atoms with van der Waals surface area (Å²) in [6.45, 7) is 5.91. The lowest BCUT2D eigenvalue weighted by atomic mass is 10.2. The monoisotopic (exact) mass is 349 g/mol. The molecule has 24 heavy (non-hydrogen) atoms. The molecule has 128 valence electrons. The molecule has 1 aromatic heterocycles. The highest BCUT2D eigenvalue weighted by Crippen LogP contribution is 2.29. The van der Waals surface area contributed by atoms with Gasteiger partial charge in [-0.3, -0.25) is 19.7 Å². The molecule has 0 radical (unpaired) electrons. The van der Waals surface area contributed by atoms with E-state index in [4.69, 9.17) is 0 Å². The number of benzene rings is 1. The minimum Gasteiger partial charge on any atom is -0.352 e. The first-order valence-corrected chi connectivity index (χ1v) is 8.40. The fraction of sp³-hybridized carbons (Fsp3) is 0.375. The Bertz CT molecular complexity index is 785. The van der Waals surface area contributed by atoms with Crippen LogP contribution in [-0.4, -0.2) is 40.8 Å². The normalized spacial score (nSPS) is 10.8. The minimum absolute atomic E-state index is 0.0104. The van der Waals surface area contributed by atoms with Gasteiger partial charge in [-0.15, -0.1) is 11.3 Å². The second-order valence-corrected chi connectivity index (χ2v) is 6.72. The number of nitrogens with zero attached hydrogens (tertiary/aromatic N) is 2. The van der Waals surface area contributed by atoms with Gasteiger partial charge in [-0.05, 0) is 32.9 Å². The quantitative estimate of drug-likeness (QED) is 0.641. The summed E-state index contributed by atoms with van der Waals surface area (Å²) >= 11 is 1.26. The first-order chi connectivity index (χ1) is 11.3. The Kier molecular flexibility index (Phi) is 5.50. The van der Waals surface area contributed by atoms with E-state index in [0.717, 1.165) is 4.70 Å². The highest BCUT2D eigenvalue weighted by Gasteiger charge is 2.20. The standard InChI is InChI=1S/C16H19N3O4S/c1-4-18(9-15(20)17-10(2)3)16(21)14-8-11-7-12(19(22)23)5-6-13(11)24-14/h5-8,10H,4,9H2,1-3H3,(H,17,20). The third-order valence-electron chi connectivity index (χ3n) is 3.37. The number of carbonyl (C=O) groups excluding carboxylic acids is 2. The molecule has 8 heteroatoms. The molecular weight excluding hydrogens is 330 g/mol. The van der Waals surface area contributed by atoms with Crippen LogP contribution in [0.25, 0.3) is 10.1 Å². The van der Waals surface area contributed by atoms with Crippen molar-refractivity contribution in [1.29, 1.82) is 0 Å². The van der Waals surface area contributed by atoms with Gasteiger partial charge < -0.3 is 10.2 Å². The molecule has 0 aliphatic rings. The van der Waals surface area contributed by atoms with Gasteiger partial charge in [-0.2, -0.15) is 0 Å². The Balaban J connectivity index is 2.22. The van der Waals surface area contributed by atoms with Gasteiger partial charge in [-0.25, -0.2) is 0 Å². The number of nitrogens with one attached hydrogen (secondary N) is 1. The molecule has 2 aromatic rings. The number of hydrogen-bond acceptors (Lipinski definition) is 5. The molecule has 2 rings (SSSR count). The molecule has 0 bridgehead atoms. The smallest absolute Gasteiger partial charge is 0.270 e. The van der Waals surface area contributed by atoms with Crippen molar-refractivity contribution in [2.75, 3.05) is 13.1 Å². The number of non-ortho nitro benzene ring substituents is 1. The largest absolute Gasteiger partial charge is 0.352 e. The average Bonchev–Trinajstić information content (AvgIpc) is 2.94. The van der Waals surface area contributed by atoms with E-state index in [2.05, 4.69) is 5.32 Å². The first-order valence-electron chi connectivity index (χ1n) is 7.58. The van der Waals surface area contributed by atoms with Crippen molar-refractivity contribution >= 4 is 38.9 Å². The molecule has 0 saturated carbocycles. The van der Waals surface area contributed by atoms with Gasteiger partial charge in [0.2, 0.25) is 5.91 Å². The fourth-order valence-electron chi connectivity index (χ4n) is 2.27. The number of nitro groups is 1. The number of hydrogen-bond donors (Lipinski definition) is 1. The predicted octanol–water partition coefficient (Wildman–Crippen LogP) is 2.80. The Labute approximate surface area is 143 Å². The van der Waals surface area contributed by atoms with E-state index in [1.165, 1.54) is 28.4 Å². The van der Waals surface area contributed by atoms with E-state index >= 15 is 0 Å². The van der Waals surface area contributed by atoms with Crippen LogP contribution >= 0.6 is 11.3 Å². The van der Waals surface area contributed by atoms with E-state index in [-0.39, 0.29) is 30.1 Å². The highest BCUT2D eigenvalue weighted by molar-refractivity contribution is 7.20. The first kappa shape index (κ1) is 17.9. The van der Waals surface area contributed by atoms with Gasteiger partial charge in [0.25, 0.3) is 11.6 Å². The van der Waals surface area contributed by atoms with E-state index in [1.54, 1.807) is 19.1 Å². The van der Waals surface area contributed by atoms with Crippen LogP contribution in [0.3, 0.4) is 0 Å². The molecule has 2 amide bonds. The maximum Gasteiger partial charge on any atom is 0.270 e. The number of amides is 2. The maximum atomic E-state index is 12.6. The van der Waals surface area contributed by atoms with Gasteiger partial charge in [0.05, 0.1) is 16.3 Å². The summed E-state index contributed by atoms with van der Waals surface area (Å²) in [7, 11) is 0. The van der Waals surface area contributed by atoms with E-state index in [0.29, 0.717) is 16.8 Å². The summed E-state index contributed by atoms with van der Waals surface area (Å²) in [5.41, 5.74) is -0.0112. The van der Waals surface area contributed by atoms with Crippen molar-refractivity contribution in [3.05, 3.63) is 39.3 Å². The molecule has 0 aliphatic carbocycles. The average molecular weight is 349 g/mol. The summed E-state index contributed by atoms with van der Waals surface area (Å²) in [6.07, 6.45) is 0. The number of thiophene rings is 1. The van der Waals surface area contributed by atoms with Crippen molar-refractivity contribution in [3.8, 4) is 0 Å². The summed E-state index contributed by atoms with van der Waals surface area (Å²) < 4.78 is 0.798. The van der Waals surface area contributed by atoms with Gasteiger partial charge in [0.1, 0.15) is 0 Å². The molecule has 0 saturated heterocycles. The molecule has 0 fully saturated rings. The maximum absolute atomic E-state index is 12.6. The minimum atomic E-state index is -0.465. The molecule has 0 unspecified atom stereocenters. The fourth-order valence-corrected chi connectivity index (χ4v) is 3.28. The summed E-state index contributed by atoms with van der Waals surface area (Å²) in [6, 6.07) is 6.15. The van der Waals surface area contributed by atoms with Crippen LogP contribution in [0, 0.1) is 10.1 Å². The molecular formula is C16H19N3O4S. The Morgan fingerprint density at radius 1 is 1.33 bits per heavy atom. The number of carbonyl (C=O) groups is 2. The number of likely N-dealkylation sites (N-methyl/N-ethyl adjacent to an activating group) is 1. The van der Waals surface area contributed by atoms with Crippen LogP contribution in [-0.2, 0) is 4.79 Å². The van der Waals surface area contributed by atoms with Crippen LogP contribution in [0.1, 0.15) is 30.4 Å². The van der Waals surface area contributed by atoms with Crippen molar-refractivity contribution in [2.45, 2.75) is 26.8 Å². The molecule has 0 atom stereocenters. The lowest BCUT2D eigenvalue weighted by Crippen LogP contribution is -2.42. The Morgan fingerprint density at radius 3 is 2.62 bits per heavy atom. The zero-order chi connectivity index (χ0) is 17.9. The van der Waals surface area contributed by atoms with E-state index < -0.39 is 4.92 Å². The molecule has 0 spiro atoms. The molecule has 7 nitrogen and oxygen atoms in total. The van der Waals surface area contributed by atoms with Crippen molar-refractivity contribution in [3.63, 3.8) is 0 Å². The Morgan fingerprint density at radius 2 is 2.04 bits per heavy atom. The van der Waals surface area contributed by atoms with Crippen molar-refractivity contribution < 1.29 is 14.5 Å². The second kappa shape index (κ2) is 7.39. The Hall–Kier alpha value is -2.48. The number of nitro benzene ring substituents is 1. The zero-order valence-electron chi connectivity index (χ0n) is 13.7. The van der Waals surface area contributed by atoms with Crippen molar-refractivity contribution in [2.24, 2.45) is 0 Å². The van der Waals surface area contributed by atoms with Gasteiger partial charge in [0.15, 0.2) is 0 Å². The van der Waals surface area contributed by atoms with E-state index in [9.17, 15) is 19.7 Å². The van der Waals surface area contributed by atoms with E-state index in [1.807, 2.05) is 13.8 Å². The van der Waals surface area contributed by atoms with Gasteiger partial charge in [0, 0.05) is 34.8 Å². The summed E-state index contributed by atoms with van der Waals surface area (Å²) in [5.74, 6) is -0.461. The van der Waals surface area contributed by atoms with Crippen LogP contribution in [0.2, 0.25) is 0 Å². The SMILES string of the molecule is CCN(CC(=O)NC(C)C)C(=O)c1cc2cc([N+](=O)[O-])ccc2s1. The third kappa shape index (κ3) is 4.08. The highest BCUT2D eigenvalue weighted by atomic mass is 32.1. The van der Waals surface area contributed by atoms with Gasteiger partial charge in [-0.1, -0.05) is 0 Å². The molecule has 1 heterocycles. The van der Waals surface area contributed by atoms with Crippen LogP contribution in [0.4, 0.5) is 5.69 Å². The molecule has 0 aliphatic heterocycles. The van der Waals surface area contributed by atoms with Crippen LogP contribution in [0.15, 0.2) is 24.3 Å². The molecule has 1 aromatic carbocycles. The summed E-state index contributed by atoms with van der Waals surface area (Å²) in [5, 5.41) is 14.2.